The van der Waals surface area contributed by atoms with E-state index in [0.717, 1.165) is 24.8 Å². The lowest BCUT2D eigenvalue weighted by Crippen LogP contribution is -2.39. The number of carbonyl (C=O) groups excluding carboxylic acids is 2. The van der Waals surface area contributed by atoms with Crippen molar-refractivity contribution < 1.29 is 23.8 Å². The summed E-state index contributed by atoms with van der Waals surface area (Å²) in [6, 6.07) is 15.8. The van der Waals surface area contributed by atoms with Gasteiger partial charge < -0.3 is 19.9 Å². The minimum absolute atomic E-state index is 0.181. The molecule has 0 spiro atoms. The molecule has 2 atom stereocenters. The number of amides is 1. The van der Waals surface area contributed by atoms with Crippen LogP contribution in [0.15, 0.2) is 48.5 Å². The molecule has 0 radical (unpaired) electrons. The minimum atomic E-state index is -0.665. The highest BCUT2D eigenvalue weighted by Crippen LogP contribution is 2.34. The van der Waals surface area contributed by atoms with E-state index in [1.54, 1.807) is 0 Å². The lowest BCUT2D eigenvalue weighted by Gasteiger charge is -2.28. The summed E-state index contributed by atoms with van der Waals surface area (Å²) in [5, 5.41) is 0. The van der Waals surface area contributed by atoms with Gasteiger partial charge >= 0.3 is 5.97 Å². The molecule has 0 saturated carbocycles. The van der Waals surface area contributed by atoms with E-state index in [0.29, 0.717) is 24.3 Å². The number of carbonyl (C=O) groups is 2. The quantitative estimate of drug-likeness (QED) is 0.437. The largest absolute Gasteiger partial charge is 0.460 e. The highest BCUT2D eigenvalue weighted by Gasteiger charge is 2.35. The lowest BCUT2D eigenvalue weighted by atomic mass is 9.82. The van der Waals surface area contributed by atoms with Gasteiger partial charge in [-0.2, -0.15) is 0 Å². The molecule has 1 aliphatic heterocycles. The van der Waals surface area contributed by atoms with Crippen LogP contribution < -0.4 is 15.2 Å². The van der Waals surface area contributed by atoms with Crippen LogP contribution in [-0.2, 0) is 27.2 Å². The van der Waals surface area contributed by atoms with Gasteiger partial charge in [0.05, 0.1) is 11.8 Å². The minimum Gasteiger partial charge on any atom is -0.460 e. The summed E-state index contributed by atoms with van der Waals surface area (Å²) >= 11 is 0. The summed E-state index contributed by atoms with van der Waals surface area (Å²) in [7, 11) is 0. The summed E-state index contributed by atoms with van der Waals surface area (Å²) in [5.74, 6) is -0.824. The van der Waals surface area contributed by atoms with Gasteiger partial charge in [0.25, 0.3) is 0 Å². The Kier molecular flexibility index (Phi) is 7.78. The number of ether oxygens (including phenoxy) is 3. The third-order valence-electron chi connectivity index (χ3n) is 5.53. The molecule has 3 rings (SSSR count). The monoisotopic (exact) mass is 439 g/mol. The summed E-state index contributed by atoms with van der Waals surface area (Å²) < 4.78 is 16.5. The van der Waals surface area contributed by atoms with Gasteiger partial charge in [-0.1, -0.05) is 42.8 Å². The van der Waals surface area contributed by atoms with E-state index >= 15 is 0 Å². The molecule has 1 heterocycles. The molecule has 1 amide bonds. The van der Waals surface area contributed by atoms with Crippen molar-refractivity contribution in [1.82, 2.24) is 0 Å². The van der Waals surface area contributed by atoms with E-state index in [1.807, 2.05) is 57.2 Å². The Morgan fingerprint density at radius 2 is 1.69 bits per heavy atom. The summed E-state index contributed by atoms with van der Waals surface area (Å²) in [6.45, 7) is 5.66. The van der Waals surface area contributed by atoms with Gasteiger partial charge in [-0.3, -0.25) is 9.59 Å². The Bertz CT molecular complexity index is 920. The van der Waals surface area contributed by atoms with Crippen molar-refractivity contribution in [2.24, 2.45) is 17.6 Å². The van der Waals surface area contributed by atoms with Crippen molar-refractivity contribution in [1.29, 1.82) is 0 Å². The predicted octanol–water partition coefficient (Wildman–Crippen LogP) is 4.43. The lowest BCUT2D eigenvalue weighted by molar-refractivity contribution is -0.164. The Balaban J connectivity index is 1.72. The first-order chi connectivity index (χ1) is 15.2. The van der Waals surface area contributed by atoms with E-state index in [1.165, 1.54) is 5.56 Å². The number of esters is 1. The fourth-order valence-corrected chi connectivity index (χ4v) is 3.96. The normalized spacial score (nSPS) is 14.6. The average Bonchev–Trinajstić information content (AvgIpc) is 3.19. The van der Waals surface area contributed by atoms with Crippen LogP contribution in [-0.4, -0.2) is 24.3 Å². The molecule has 1 aliphatic rings. The molecule has 0 aliphatic carbocycles. The van der Waals surface area contributed by atoms with Crippen LogP contribution in [0, 0.1) is 11.8 Å². The number of hydrogen-bond donors (Lipinski definition) is 1. The van der Waals surface area contributed by atoms with Crippen LogP contribution in [0.1, 0.15) is 51.2 Å². The van der Waals surface area contributed by atoms with Crippen LogP contribution in [0.5, 0.6) is 11.5 Å². The van der Waals surface area contributed by atoms with Gasteiger partial charge in [0, 0.05) is 0 Å². The van der Waals surface area contributed by atoms with Crippen molar-refractivity contribution in [2.45, 2.75) is 58.5 Å². The highest BCUT2D eigenvalue weighted by atomic mass is 16.7. The van der Waals surface area contributed by atoms with Crippen LogP contribution in [0.25, 0.3) is 0 Å². The van der Waals surface area contributed by atoms with Gasteiger partial charge in [-0.25, -0.2) is 0 Å². The fourth-order valence-electron chi connectivity index (χ4n) is 3.96. The van der Waals surface area contributed by atoms with Crippen molar-refractivity contribution >= 4 is 11.9 Å². The van der Waals surface area contributed by atoms with Crippen LogP contribution in [0.3, 0.4) is 0 Å². The van der Waals surface area contributed by atoms with Crippen molar-refractivity contribution in [3.8, 4) is 11.5 Å². The Hall–Kier alpha value is -3.02. The summed E-state index contributed by atoms with van der Waals surface area (Å²) in [4.78, 5) is 25.5. The molecule has 0 saturated heterocycles. The first-order valence-electron chi connectivity index (χ1n) is 11.2. The van der Waals surface area contributed by atoms with Crippen molar-refractivity contribution in [3.05, 3.63) is 59.7 Å². The number of unbranched alkanes of at least 4 members (excludes halogenated alkanes) is 1. The van der Waals surface area contributed by atoms with E-state index in [4.69, 9.17) is 19.9 Å². The van der Waals surface area contributed by atoms with Crippen molar-refractivity contribution in [3.63, 3.8) is 0 Å². The second-order valence-corrected chi connectivity index (χ2v) is 9.27. The second-order valence-electron chi connectivity index (χ2n) is 9.27. The molecule has 0 fully saturated rings. The van der Waals surface area contributed by atoms with E-state index in [2.05, 4.69) is 12.1 Å². The standard InChI is InChI=1S/C26H33NO5/c1-26(2,3)32-25(29)20(12-8-7-11-18-9-5-4-6-10-18)21(24(27)28)15-19-13-14-22-23(16-19)31-17-30-22/h4-6,9-10,13-14,16,20-21H,7-8,11-12,15,17H2,1-3H3,(H2,27,28)/t20-,21-/m0/s1. The molecule has 2 N–H and O–H groups in total. The third kappa shape index (κ3) is 6.74. The fraction of sp³-hybridized carbons (Fsp3) is 0.462. The third-order valence-corrected chi connectivity index (χ3v) is 5.53. The van der Waals surface area contributed by atoms with Gasteiger partial charge in [0.1, 0.15) is 5.60 Å². The molecule has 6 heteroatoms. The average molecular weight is 440 g/mol. The first kappa shape index (κ1) is 23.6. The predicted molar refractivity (Wildman–Crippen MR) is 122 cm³/mol. The number of hydrogen-bond acceptors (Lipinski definition) is 5. The molecule has 172 valence electrons. The molecule has 2 aromatic carbocycles. The molecular formula is C26H33NO5. The van der Waals surface area contributed by atoms with E-state index < -0.39 is 23.3 Å². The zero-order valence-corrected chi connectivity index (χ0v) is 19.1. The first-order valence-corrected chi connectivity index (χ1v) is 11.2. The van der Waals surface area contributed by atoms with Gasteiger partial charge in [-0.15, -0.1) is 0 Å². The number of fused-ring (bicyclic) bond motifs is 1. The zero-order valence-electron chi connectivity index (χ0n) is 19.1. The molecule has 0 unspecified atom stereocenters. The van der Waals surface area contributed by atoms with Gasteiger partial charge in [-0.05, 0) is 69.7 Å². The molecule has 0 aromatic heterocycles. The zero-order chi connectivity index (χ0) is 23.1. The second kappa shape index (κ2) is 10.5. The van der Waals surface area contributed by atoms with Gasteiger partial charge in [0.15, 0.2) is 11.5 Å². The van der Waals surface area contributed by atoms with Crippen molar-refractivity contribution in [2.75, 3.05) is 6.79 Å². The number of benzene rings is 2. The van der Waals surface area contributed by atoms with Crippen LogP contribution in [0.2, 0.25) is 0 Å². The maximum absolute atomic E-state index is 13.1. The van der Waals surface area contributed by atoms with Crippen LogP contribution in [0.4, 0.5) is 0 Å². The summed E-state index contributed by atoms with van der Waals surface area (Å²) in [5.41, 5.74) is 7.28. The maximum atomic E-state index is 13.1. The topological polar surface area (TPSA) is 87.8 Å². The van der Waals surface area contributed by atoms with E-state index in [-0.39, 0.29) is 12.8 Å². The van der Waals surface area contributed by atoms with Gasteiger partial charge in [0.2, 0.25) is 12.7 Å². The number of aryl methyl sites for hydroxylation is 1. The molecule has 6 nitrogen and oxygen atoms in total. The molecule has 0 bridgehead atoms. The number of primary amides is 1. The number of rotatable bonds is 10. The Morgan fingerprint density at radius 1 is 0.969 bits per heavy atom. The Morgan fingerprint density at radius 3 is 2.38 bits per heavy atom. The van der Waals surface area contributed by atoms with E-state index in [9.17, 15) is 9.59 Å². The molecule has 2 aromatic rings. The summed E-state index contributed by atoms with van der Waals surface area (Å²) in [6.07, 6.45) is 3.52. The molecule has 32 heavy (non-hydrogen) atoms. The maximum Gasteiger partial charge on any atom is 0.310 e. The Labute approximate surface area is 190 Å². The highest BCUT2D eigenvalue weighted by molar-refractivity contribution is 5.84. The van der Waals surface area contributed by atoms with Crippen LogP contribution >= 0.6 is 0 Å². The molecular weight excluding hydrogens is 406 g/mol. The SMILES string of the molecule is CC(C)(C)OC(=O)[C@@H](CCCCc1ccccc1)[C@H](Cc1ccc2c(c1)OCO2)C(N)=O. The number of nitrogens with two attached hydrogens (primary N) is 1. The smallest absolute Gasteiger partial charge is 0.310 e.